The van der Waals surface area contributed by atoms with E-state index in [1.54, 1.807) is 0 Å². The quantitative estimate of drug-likeness (QED) is 0.519. The van der Waals surface area contributed by atoms with Gasteiger partial charge in [0.05, 0.1) is 5.92 Å². The SMILES string of the molecule is CC(=O)C(CCO)C(C)=O.[Fe]. The van der Waals surface area contributed by atoms with Gasteiger partial charge in [0.2, 0.25) is 0 Å². The topological polar surface area (TPSA) is 54.4 Å². The molecule has 0 aromatic rings. The monoisotopic (exact) mass is 200 g/mol. The Labute approximate surface area is 76.6 Å². The van der Waals surface area contributed by atoms with Gasteiger partial charge in [0.15, 0.2) is 0 Å². The average molecular weight is 200 g/mol. The van der Waals surface area contributed by atoms with Crippen molar-refractivity contribution in [3.8, 4) is 0 Å². The molecule has 0 aliphatic heterocycles. The zero-order chi connectivity index (χ0) is 8.15. The number of hydrogen-bond donors (Lipinski definition) is 1. The summed E-state index contributed by atoms with van der Waals surface area (Å²) in [7, 11) is 0. The van der Waals surface area contributed by atoms with Crippen molar-refractivity contribution in [3.05, 3.63) is 0 Å². The molecule has 11 heavy (non-hydrogen) atoms. The minimum absolute atomic E-state index is 0. The first-order chi connectivity index (χ1) is 4.59. The van der Waals surface area contributed by atoms with Crippen molar-refractivity contribution in [2.75, 3.05) is 6.61 Å². The van der Waals surface area contributed by atoms with Crippen LogP contribution in [0.5, 0.6) is 0 Å². The van der Waals surface area contributed by atoms with Gasteiger partial charge in [-0.25, -0.2) is 0 Å². The summed E-state index contributed by atoms with van der Waals surface area (Å²) in [4.78, 5) is 21.3. The molecule has 0 aromatic carbocycles. The molecule has 0 unspecified atom stereocenters. The second kappa shape index (κ2) is 6.52. The fourth-order valence-electron chi connectivity index (χ4n) is 0.822. The maximum Gasteiger partial charge on any atom is 0.140 e. The van der Waals surface area contributed by atoms with Crippen molar-refractivity contribution in [3.63, 3.8) is 0 Å². The first-order valence-corrected chi connectivity index (χ1v) is 3.21. The van der Waals surface area contributed by atoms with E-state index in [2.05, 4.69) is 0 Å². The Bertz CT molecular complexity index is 131. The summed E-state index contributed by atoms with van der Waals surface area (Å²) >= 11 is 0. The standard InChI is InChI=1S/C7H12O3.Fe/c1-5(9)7(3-4-8)6(2)10;/h7-8H,3-4H2,1-2H3;. The summed E-state index contributed by atoms with van der Waals surface area (Å²) < 4.78 is 0. The maximum absolute atomic E-state index is 10.6. The molecule has 0 aromatic heterocycles. The summed E-state index contributed by atoms with van der Waals surface area (Å²) in [5.41, 5.74) is 0. The molecule has 0 saturated heterocycles. The van der Waals surface area contributed by atoms with Gasteiger partial charge in [-0.1, -0.05) is 0 Å². The van der Waals surface area contributed by atoms with Gasteiger partial charge in [-0.05, 0) is 20.3 Å². The molecule has 0 aliphatic carbocycles. The Morgan fingerprint density at radius 1 is 1.27 bits per heavy atom. The van der Waals surface area contributed by atoms with Gasteiger partial charge in [-0.2, -0.15) is 0 Å². The smallest absolute Gasteiger partial charge is 0.140 e. The number of hydrogen-bond acceptors (Lipinski definition) is 3. The second-order valence-corrected chi connectivity index (χ2v) is 2.29. The summed E-state index contributed by atoms with van der Waals surface area (Å²) in [6.07, 6.45) is 0.255. The molecule has 3 nitrogen and oxygen atoms in total. The van der Waals surface area contributed by atoms with Gasteiger partial charge >= 0.3 is 0 Å². The number of Topliss-reactive ketones (excluding diaryl/α,β-unsaturated/α-hetero) is 2. The molecule has 0 fully saturated rings. The van der Waals surface area contributed by atoms with Crippen LogP contribution in [0.15, 0.2) is 0 Å². The third kappa shape index (κ3) is 5.13. The summed E-state index contributed by atoms with van der Waals surface area (Å²) in [6, 6.07) is 0. The van der Waals surface area contributed by atoms with Crippen LogP contribution in [-0.2, 0) is 26.7 Å². The largest absolute Gasteiger partial charge is 0.396 e. The number of aliphatic hydroxyl groups is 1. The molecule has 4 heteroatoms. The van der Waals surface area contributed by atoms with E-state index < -0.39 is 5.92 Å². The molecule has 0 spiro atoms. The van der Waals surface area contributed by atoms with E-state index in [1.165, 1.54) is 13.8 Å². The fourth-order valence-corrected chi connectivity index (χ4v) is 0.822. The third-order valence-electron chi connectivity index (χ3n) is 1.40. The van der Waals surface area contributed by atoms with Gasteiger partial charge in [0.25, 0.3) is 0 Å². The van der Waals surface area contributed by atoms with Crippen LogP contribution in [0.3, 0.4) is 0 Å². The third-order valence-corrected chi connectivity index (χ3v) is 1.40. The molecule has 0 atom stereocenters. The fraction of sp³-hybridized carbons (Fsp3) is 0.714. The Morgan fingerprint density at radius 3 is 1.73 bits per heavy atom. The molecule has 66 valence electrons. The van der Waals surface area contributed by atoms with Gasteiger partial charge in [-0.3, -0.25) is 9.59 Å². The summed E-state index contributed by atoms with van der Waals surface area (Å²) in [5.74, 6) is -0.923. The number of carbonyl (C=O) groups excluding carboxylic acids is 2. The Balaban J connectivity index is 0. The average Bonchev–Trinajstić information content (AvgIpc) is 1.81. The van der Waals surface area contributed by atoms with Gasteiger partial charge in [0.1, 0.15) is 11.6 Å². The minimum Gasteiger partial charge on any atom is -0.396 e. The van der Waals surface area contributed by atoms with Crippen molar-refractivity contribution >= 4 is 11.6 Å². The van der Waals surface area contributed by atoms with E-state index in [9.17, 15) is 9.59 Å². The number of carbonyl (C=O) groups is 2. The Morgan fingerprint density at radius 2 is 1.64 bits per heavy atom. The van der Waals surface area contributed by atoms with Gasteiger partial charge in [0, 0.05) is 23.7 Å². The van der Waals surface area contributed by atoms with Crippen LogP contribution < -0.4 is 0 Å². The predicted octanol–water partition coefficient (Wildman–Crippen LogP) is 0.161. The van der Waals surface area contributed by atoms with Crippen LogP contribution in [0.2, 0.25) is 0 Å². The van der Waals surface area contributed by atoms with Crippen molar-refractivity contribution in [1.29, 1.82) is 0 Å². The Kier molecular flexibility index (Phi) is 7.96. The molecule has 0 heterocycles. The van der Waals surface area contributed by atoms with Gasteiger partial charge < -0.3 is 5.11 Å². The maximum atomic E-state index is 10.6. The van der Waals surface area contributed by atoms with E-state index in [-0.39, 0.29) is 41.7 Å². The summed E-state index contributed by atoms with van der Waals surface area (Å²) in [6.45, 7) is 2.62. The van der Waals surface area contributed by atoms with Crippen LogP contribution in [0.4, 0.5) is 0 Å². The van der Waals surface area contributed by atoms with Crippen LogP contribution >= 0.6 is 0 Å². The zero-order valence-corrected chi connectivity index (χ0v) is 7.71. The normalized spacial score (nSPS) is 9.09. The summed E-state index contributed by atoms with van der Waals surface area (Å²) in [5, 5.41) is 8.43. The molecule has 0 amide bonds. The van der Waals surface area contributed by atoms with Crippen LogP contribution in [0, 0.1) is 5.92 Å². The predicted molar refractivity (Wildman–Crippen MR) is 36.6 cm³/mol. The first-order valence-electron chi connectivity index (χ1n) is 3.21. The van der Waals surface area contributed by atoms with Crippen molar-refractivity contribution < 1.29 is 31.8 Å². The number of rotatable bonds is 4. The van der Waals surface area contributed by atoms with E-state index in [1.807, 2.05) is 0 Å². The molecule has 0 saturated carbocycles. The van der Waals surface area contributed by atoms with E-state index in [0.717, 1.165) is 0 Å². The van der Waals surface area contributed by atoms with E-state index in [0.29, 0.717) is 0 Å². The van der Waals surface area contributed by atoms with Gasteiger partial charge in [-0.15, -0.1) is 0 Å². The second-order valence-electron chi connectivity index (χ2n) is 2.29. The van der Waals surface area contributed by atoms with Crippen molar-refractivity contribution in [2.24, 2.45) is 5.92 Å². The first kappa shape index (κ1) is 13.4. The molecule has 0 aliphatic rings. The Hall–Kier alpha value is -0.181. The molecule has 0 bridgehead atoms. The molecule has 0 radical (unpaired) electrons. The number of ketones is 2. The minimum atomic E-state index is -0.593. The molecular weight excluding hydrogens is 188 g/mol. The molecule has 1 N–H and O–H groups in total. The van der Waals surface area contributed by atoms with E-state index >= 15 is 0 Å². The van der Waals surface area contributed by atoms with E-state index in [4.69, 9.17) is 5.11 Å². The van der Waals surface area contributed by atoms with Crippen molar-refractivity contribution in [2.45, 2.75) is 20.3 Å². The van der Waals surface area contributed by atoms with Crippen molar-refractivity contribution in [1.82, 2.24) is 0 Å². The zero-order valence-electron chi connectivity index (χ0n) is 6.61. The van der Waals surface area contributed by atoms with Crippen LogP contribution in [-0.4, -0.2) is 23.3 Å². The number of aliphatic hydroxyl groups excluding tert-OH is 1. The van der Waals surface area contributed by atoms with Crippen LogP contribution in [0.1, 0.15) is 20.3 Å². The van der Waals surface area contributed by atoms with Crippen LogP contribution in [0.25, 0.3) is 0 Å². The molecule has 0 rings (SSSR count). The molecular formula is C7H12FeO3.